The fourth-order valence-electron chi connectivity index (χ4n) is 2.22. The molecule has 1 aliphatic heterocycles. The summed E-state index contributed by atoms with van der Waals surface area (Å²) in [4.78, 5) is 21.5. The minimum Gasteiger partial charge on any atom is -0.477 e. The third-order valence-electron chi connectivity index (χ3n) is 3.55. The molecule has 0 aliphatic carbocycles. The topological polar surface area (TPSA) is 205 Å². The van der Waals surface area contributed by atoms with Crippen LogP contribution in [0.5, 0.6) is 0 Å². The molecule has 0 saturated heterocycles. The summed E-state index contributed by atoms with van der Waals surface area (Å²) < 4.78 is 4.78. The van der Waals surface area contributed by atoms with Crippen LogP contribution in [0.15, 0.2) is 11.8 Å². The van der Waals surface area contributed by atoms with Gasteiger partial charge in [-0.15, -0.1) is 0 Å². The molecule has 7 atom stereocenters. The van der Waals surface area contributed by atoms with Gasteiger partial charge in [0.05, 0.1) is 6.61 Å². The molecule has 0 aromatic rings. The molecule has 0 amide bonds. The molecule has 0 spiro atoms. The van der Waals surface area contributed by atoms with Gasteiger partial charge in [-0.25, -0.2) is 4.79 Å². The standard InChI is InChI=1S/C12H18O11/c13-2-5(16)9(19)12(22,7(17)3-14)10-8(18)4(15)1-6(23-10)11(20)21/h1-2,4-5,7-10,14-19,22H,3H2,(H,20,21)/t4-,5-,7+,8+,9+,10+,12+/m0/s1. The van der Waals surface area contributed by atoms with Gasteiger partial charge in [0.15, 0.2) is 18.0 Å². The second-order valence-corrected chi connectivity index (χ2v) is 5.01. The molecule has 8 N–H and O–H groups in total. The second kappa shape index (κ2) is 7.31. The first-order chi connectivity index (χ1) is 10.6. The van der Waals surface area contributed by atoms with E-state index in [-0.39, 0.29) is 6.29 Å². The summed E-state index contributed by atoms with van der Waals surface area (Å²) in [6.07, 6.45) is -12.7. The van der Waals surface area contributed by atoms with Crippen LogP contribution in [0.2, 0.25) is 0 Å². The van der Waals surface area contributed by atoms with Gasteiger partial charge in [0.2, 0.25) is 5.76 Å². The average molecular weight is 338 g/mol. The van der Waals surface area contributed by atoms with E-state index in [1.165, 1.54) is 0 Å². The van der Waals surface area contributed by atoms with Crippen molar-refractivity contribution < 1.29 is 55.2 Å². The number of carboxylic acids is 1. The van der Waals surface area contributed by atoms with Gasteiger partial charge in [-0.1, -0.05) is 0 Å². The zero-order valence-corrected chi connectivity index (χ0v) is 11.6. The first kappa shape index (κ1) is 19.4. The van der Waals surface area contributed by atoms with E-state index in [9.17, 15) is 40.2 Å². The Labute approximate surface area is 129 Å². The summed E-state index contributed by atoms with van der Waals surface area (Å²) in [5.41, 5.74) is -3.08. The van der Waals surface area contributed by atoms with Crippen molar-refractivity contribution in [2.24, 2.45) is 0 Å². The van der Waals surface area contributed by atoms with E-state index in [2.05, 4.69) is 0 Å². The average Bonchev–Trinajstić information content (AvgIpc) is 2.53. The van der Waals surface area contributed by atoms with Gasteiger partial charge in [0, 0.05) is 0 Å². The zero-order valence-electron chi connectivity index (χ0n) is 11.6. The summed E-state index contributed by atoms with van der Waals surface area (Å²) in [5, 5.41) is 76.8. The molecule has 0 fully saturated rings. The van der Waals surface area contributed by atoms with Crippen LogP contribution in [0.25, 0.3) is 0 Å². The summed E-state index contributed by atoms with van der Waals surface area (Å²) >= 11 is 0. The van der Waals surface area contributed by atoms with Crippen molar-refractivity contribution in [3.63, 3.8) is 0 Å². The normalized spacial score (nSPS) is 31.1. The summed E-state index contributed by atoms with van der Waals surface area (Å²) in [5.74, 6) is -2.60. The van der Waals surface area contributed by atoms with Crippen molar-refractivity contribution in [3.8, 4) is 0 Å². The molecule has 0 radical (unpaired) electrons. The number of aliphatic hydroxyl groups excluding tert-OH is 6. The molecule has 1 rings (SSSR count). The van der Waals surface area contributed by atoms with E-state index in [1.807, 2.05) is 0 Å². The Bertz CT molecular complexity index is 478. The third-order valence-corrected chi connectivity index (χ3v) is 3.55. The van der Waals surface area contributed by atoms with Gasteiger partial charge in [-0.05, 0) is 6.08 Å². The number of carboxylic acid groups (broad SMARTS) is 1. The molecule has 132 valence electrons. The molecule has 0 aromatic carbocycles. The number of carbonyl (C=O) groups excluding carboxylic acids is 1. The Balaban J connectivity index is 3.33. The molecule has 0 unspecified atom stereocenters. The van der Waals surface area contributed by atoms with Crippen LogP contribution in [0.1, 0.15) is 0 Å². The van der Waals surface area contributed by atoms with Crippen molar-refractivity contribution in [1.29, 1.82) is 0 Å². The van der Waals surface area contributed by atoms with Gasteiger partial charge in [-0.2, -0.15) is 0 Å². The maximum Gasteiger partial charge on any atom is 0.370 e. The van der Waals surface area contributed by atoms with Gasteiger partial charge < -0.3 is 50.4 Å². The van der Waals surface area contributed by atoms with Gasteiger partial charge in [-0.3, -0.25) is 0 Å². The van der Waals surface area contributed by atoms with Crippen LogP contribution in [0.3, 0.4) is 0 Å². The molecule has 0 saturated carbocycles. The molecule has 1 heterocycles. The first-order valence-corrected chi connectivity index (χ1v) is 6.41. The molecule has 0 aromatic heterocycles. The van der Waals surface area contributed by atoms with E-state index in [1.54, 1.807) is 0 Å². The number of aldehydes is 1. The van der Waals surface area contributed by atoms with Crippen LogP contribution in [0.4, 0.5) is 0 Å². The monoisotopic (exact) mass is 338 g/mol. The highest BCUT2D eigenvalue weighted by Gasteiger charge is 2.58. The van der Waals surface area contributed by atoms with Crippen LogP contribution in [-0.2, 0) is 14.3 Å². The number of rotatable bonds is 7. The number of ether oxygens (including phenoxy) is 1. The number of carbonyl (C=O) groups is 2. The predicted molar refractivity (Wildman–Crippen MR) is 68.7 cm³/mol. The Hall–Kier alpha value is -1.60. The van der Waals surface area contributed by atoms with Crippen LogP contribution in [0, 0.1) is 0 Å². The molecular weight excluding hydrogens is 320 g/mol. The Morgan fingerprint density at radius 2 is 1.91 bits per heavy atom. The highest BCUT2D eigenvalue weighted by atomic mass is 16.6. The zero-order chi connectivity index (χ0) is 17.9. The summed E-state index contributed by atoms with van der Waals surface area (Å²) in [7, 11) is 0. The smallest absolute Gasteiger partial charge is 0.370 e. The van der Waals surface area contributed by atoms with Crippen LogP contribution < -0.4 is 0 Å². The van der Waals surface area contributed by atoms with E-state index in [0.717, 1.165) is 0 Å². The minimum atomic E-state index is -3.08. The van der Waals surface area contributed by atoms with Crippen LogP contribution in [-0.4, -0.2) is 102 Å². The SMILES string of the molecule is O=C[C@H](O)[C@@H](O)[C@](O)([C@H](O)CO)[C@@H]1OC(C(=O)O)=C[C@H](O)[C@H]1O. The van der Waals surface area contributed by atoms with E-state index < -0.39 is 60.6 Å². The molecular formula is C12H18O11. The van der Waals surface area contributed by atoms with Gasteiger partial charge in [0.25, 0.3) is 0 Å². The van der Waals surface area contributed by atoms with Crippen molar-refractivity contribution >= 4 is 12.3 Å². The minimum absolute atomic E-state index is 0.195. The van der Waals surface area contributed by atoms with Crippen LogP contribution >= 0.6 is 0 Å². The summed E-state index contributed by atoms with van der Waals surface area (Å²) in [6, 6.07) is 0. The molecule has 1 aliphatic rings. The molecule has 23 heavy (non-hydrogen) atoms. The van der Waals surface area contributed by atoms with E-state index >= 15 is 0 Å². The number of aliphatic hydroxyl groups is 7. The highest BCUT2D eigenvalue weighted by molar-refractivity contribution is 5.84. The van der Waals surface area contributed by atoms with Gasteiger partial charge >= 0.3 is 5.97 Å². The van der Waals surface area contributed by atoms with Gasteiger partial charge in [0.1, 0.15) is 30.5 Å². The second-order valence-electron chi connectivity index (χ2n) is 5.01. The quantitative estimate of drug-likeness (QED) is 0.206. The maximum atomic E-state index is 10.9. The predicted octanol–water partition coefficient (Wildman–Crippen LogP) is -4.92. The Kier molecular flexibility index (Phi) is 6.18. The lowest BCUT2D eigenvalue weighted by atomic mass is 9.78. The van der Waals surface area contributed by atoms with Crippen molar-refractivity contribution in [3.05, 3.63) is 11.8 Å². The fraction of sp³-hybridized carbons (Fsp3) is 0.667. The number of hydrogen-bond donors (Lipinski definition) is 8. The van der Waals surface area contributed by atoms with Crippen molar-refractivity contribution in [2.45, 2.75) is 42.2 Å². The lowest BCUT2D eigenvalue weighted by molar-refractivity contribution is -0.256. The number of hydrogen-bond acceptors (Lipinski definition) is 10. The Morgan fingerprint density at radius 1 is 1.35 bits per heavy atom. The highest BCUT2D eigenvalue weighted by Crippen LogP contribution is 2.33. The third kappa shape index (κ3) is 3.50. The lowest BCUT2D eigenvalue weighted by Crippen LogP contribution is -2.69. The molecule has 11 heteroatoms. The first-order valence-electron chi connectivity index (χ1n) is 6.41. The van der Waals surface area contributed by atoms with E-state index in [4.69, 9.17) is 14.9 Å². The molecule has 0 bridgehead atoms. The Morgan fingerprint density at radius 3 is 2.35 bits per heavy atom. The van der Waals surface area contributed by atoms with Crippen molar-refractivity contribution in [1.82, 2.24) is 0 Å². The largest absolute Gasteiger partial charge is 0.477 e. The summed E-state index contributed by atoms with van der Waals surface area (Å²) in [6.45, 7) is -1.20. The lowest BCUT2D eigenvalue weighted by Gasteiger charge is -2.46. The van der Waals surface area contributed by atoms with E-state index in [0.29, 0.717) is 6.08 Å². The molecule has 11 nitrogen and oxygen atoms in total. The fourth-order valence-corrected chi connectivity index (χ4v) is 2.22. The maximum absolute atomic E-state index is 10.9. The van der Waals surface area contributed by atoms with Crippen molar-refractivity contribution in [2.75, 3.05) is 6.61 Å². The number of aliphatic carboxylic acids is 1.